The summed E-state index contributed by atoms with van der Waals surface area (Å²) in [6.07, 6.45) is 0. The normalized spacial score (nSPS) is 12.2. The molecule has 0 spiro atoms. The van der Waals surface area contributed by atoms with Gasteiger partial charge in [-0.05, 0) is 52.9 Å². The van der Waals surface area contributed by atoms with E-state index in [1.54, 1.807) is 19.1 Å². The monoisotopic (exact) mass is 374 g/mol. The molecule has 1 aromatic heterocycles. The lowest BCUT2D eigenvalue weighted by Gasteiger charge is -2.16. The summed E-state index contributed by atoms with van der Waals surface area (Å²) in [4.78, 5) is 10.6. The maximum Gasteiger partial charge on any atom is 0.274 e. The smallest absolute Gasteiger partial charge is 0.274 e. The van der Waals surface area contributed by atoms with Gasteiger partial charge in [0.1, 0.15) is 0 Å². The second-order valence-electron chi connectivity index (χ2n) is 4.43. The van der Waals surface area contributed by atoms with Crippen LogP contribution in [0.3, 0.4) is 0 Å². The van der Waals surface area contributed by atoms with E-state index in [4.69, 9.17) is 11.6 Å². The Kier molecular flexibility index (Phi) is 4.67. The first-order valence-corrected chi connectivity index (χ1v) is 7.88. The highest BCUT2D eigenvalue weighted by molar-refractivity contribution is 9.10. The Bertz CT molecular complexity index is 660. The van der Waals surface area contributed by atoms with Crippen molar-refractivity contribution < 1.29 is 4.92 Å². The third-order valence-corrected chi connectivity index (χ3v) is 4.71. The van der Waals surface area contributed by atoms with Gasteiger partial charge in [-0.1, -0.05) is 11.6 Å². The van der Waals surface area contributed by atoms with Crippen LogP contribution in [0.15, 0.2) is 28.1 Å². The Morgan fingerprint density at radius 1 is 1.45 bits per heavy atom. The fourth-order valence-corrected chi connectivity index (χ4v) is 3.39. The Labute approximate surface area is 134 Å². The molecule has 0 amide bonds. The molecule has 4 nitrogen and oxygen atoms in total. The second kappa shape index (κ2) is 6.11. The number of nitrogens with zero attached hydrogens (tertiary/aromatic N) is 1. The Morgan fingerprint density at radius 2 is 2.15 bits per heavy atom. The highest BCUT2D eigenvalue weighted by atomic mass is 79.9. The van der Waals surface area contributed by atoms with Crippen molar-refractivity contribution in [2.75, 3.05) is 5.32 Å². The first-order valence-electron chi connectivity index (χ1n) is 5.83. The van der Waals surface area contributed by atoms with Crippen LogP contribution in [-0.4, -0.2) is 4.92 Å². The number of hydrogen-bond acceptors (Lipinski definition) is 4. The van der Waals surface area contributed by atoms with Crippen LogP contribution in [0.5, 0.6) is 0 Å². The molecule has 1 aromatic carbocycles. The van der Waals surface area contributed by atoms with E-state index >= 15 is 0 Å². The first kappa shape index (κ1) is 15.3. The fraction of sp³-hybridized carbons (Fsp3) is 0.231. The van der Waals surface area contributed by atoms with Gasteiger partial charge < -0.3 is 5.32 Å². The number of nitrogens with one attached hydrogen (secondary N) is 1. The van der Waals surface area contributed by atoms with Crippen molar-refractivity contribution in [1.29, 1.82) is 0 Å². The predicted molar refractivity (Wildman–Crippen MR) is 86.9 cm³/mol. The average Bonchev–Trinajstić information content (AvgIpc) is 2.79. The van der Waals surface area contributed by atoms with Gasteiger partial charge in [0.25, 0.3) is 5.69 Å². The van der Waals surface area contributed by atoms with E-state index in [-0.39, 0.29) is 16.7 Å². The van der Waals surface area contributed by atoms with Gasteiger partial charge in [0.15, 0.2) is 0 Å². The zero-order valence-electron chi connectivity index (χ0n) is 10.8. The molecule has 0 bridgehead atoms. The van der Waals surface area contributed by atoms with Crippen LogP contribution >= 0.6 is 38.9 Å². The molecule has 2 rings (SSSR count). The third-order valence-electron chi connectivity index (χ3n) is 2.94. The zero-order valence-corrected chi connectivity index (χ0v) is 14.0. The van der Waals surface area contributed by atoms with Crippen molar-refractivity contribution in [3.05, 3.63) is 53.6 Å². The minimum Gasteiger partial charge on any atom is -0.377 e. The molecule has 0 aliphatic rings. The van der Waals surface area contributed by atoms with Gasteiger partial charge in [-0.15, -0.1) is 11.3 Å². The summed E-state index contributed by atoms with van der Waals surface area (Å²) in [5.41, 5.74) is 2.47. The van der Waals surface area contributed by atoms with E-state index in [9.17, 15) is 10.1 Å². The van der Waals surface area contributed by atoms with Gasteiger partial charge in [-0.2, -0.15) is 0 Å². The van der Waals surface area contributed by atoms with Crippen molar-refractivity contribution in [1.82, 2.24) is 0 Å². The largest absolute Gasteiger partial charge is 0.377 e. The summed E-state index contributed by atoms with van der Waals surface area (Å²) in [6, 6.07) is 5.19. The van der Waals surface area contributed by atoms with E-state index in [2.05, 4.69) is 21.2 Å². The quantitative estimate of drug-likeness (QED) is 0.562. The molecule has 0 radical (unpaired) electrons. The lowest BCUT2D eigenvalue weighted by molar-refractivity contribution is -0.385. The molecule has 20 heavy (non-hydrogen) atoms. The van der Waals surface area contributed by atoms with E-state index in [1.807, 2.05) is 18.4 Å². The highest BCUT2D eigenvalue weighted by Crippen LogP contribution is 2.34. The summed E-state index contributed by atoms with van der Waals surface area (Å²) < 4.78 is 1.52. The minimum absolute atomic E-state index is 0.0114. The molecule has 1 heterocycles. The summed E-state index contributed by atoms with van der Waals surface area (Å²) in [5.74, 6) is 0. The van der Waals surface area contributed by atoms with Crippen LogP contribution in [0.2, 0.25) is 4.34 Å². The van der Waals surface area contributed by atoms with Crippen LogP contribution < -0.4 is 5.32 Å². The molecule has 1 N–H and O–H groups in total. The first-order chi connectivity index (χ1) is 9.38. The number of halogens is 2. The Balaban J connectivity index is 2.29. The molecule has 0 aliphatic carbocycles. The second-order valence-corrected chi connectivity index (χ2v) is 6.82. The number of rotatable bonds is 4. The Morgan fingerprint density at radius 3 is 2.70 bits per heavy atom. The lowest BCUT2D eigenvalue weighted by atomic mass is 10.1. The van der Waals surface area contributed by atoms with Crippen LogP contribution in [0.4, 0.5) is 11.4 Å². The fourth-order valence-electron chi connectivity index (χ4n) is 1.84. The molecule has 7 heteroatoms. The van der Waals surface area contributed by atoms with Gasteiger partial charge in [-0.25, -0.2) is 0 Å². The minimum atomic E-state index is -0.376. The molecular weight excluding hydrogens is 364 g/mol. The summed E-state index contributed by atoms with van der Waals surface area (Å²) >= 11 is 10.8. The van der Waals surface area contributed by atoms with Gasteiger partial charge >= 0.3 is 0 Å². The van der Waals surface area contributed by atoms with E-state index < -0.39 is 0 Å². The number of benzene rings is 1. The maximum absolute atomic E-state index is 11.0. The van der Waals surface area contributed by atoms with Crippen LogP contribution in [-0.2, 0) is 0 Å². The summed E-state index contributed by atoms with van der Waals surface area (Å²) in [7, 11) is 0. The molecule has 0 saturated heterocycles. The Hall–Kier alpha value is -1.11. The van der Waals surface area contributed by atoms with Gasteiger partial charge in [0, 0.05) is 22.1 Å². The summed E-state index contributed by atoms with van der Waals surface area (Å²) in [6.45, 7) is 3.70. The van der Waals surface area contributed by atoms with Crippen molar-refractivity contribution in [2.45, 2.75) is 19.9 Å². The average molecular weight is 376 g/mol. The number of thiophene rings is 1. The van der Waals surface area contributed by atoms with Gasteiger partial charge in [0.05, 0.1) is 14.9 Å². The molecular formula is C13H12BrClN2O2S. The number of aryl methyl sites for hydroxylation is 1. The molecule has 106 valence electrons. The van der Waals surface area contributed by atoms with E-state index in [0.717, 1.165) is 14.4 Å². The van der Waals surface area contributed by atoms with Crippen molar-refractivity contribution in [2.24, 2.45) is 0 Å². The molecule has 1 atom stereocenters. The number of nitro benzene ring substituents is 1. The maximum atomic E-state index is 11.0. The number of hydrogen-bond donors (Lipinski definition) is 1. The molecule has 0 saturated carbocycles. The number of anilines is 1. The SMILES string of the molecule is Cc1cc(Br)c(NC(C)c2csc(Cl)c2)cc1[N+](=O)[O-]. The molecule has 1 unspecified atom stereocenters. The highest BCUT2D eigenvalue weighted by Gasteiger charge is 2.16. The van der Waals surface area contributed by atoms with Crippen LogP contribution in [0, 0.1) is 17.0 Å². The molecule has 2 aromatic rings. The zero-order chi connectivity index (χ0) is 14.9. The predicted octanol–water partition coefficient (Wildman–Crippen LogP) is 5.55. The van der Waals surface area contributed by atoms with Crippen LogP contribution in [0.25, 0.3) is 0 Å². The third kappa shape index (κ3) is 3.31. The summed E-state index contributed by atoms with van der Waals surface area (Å²) in [5, 5.41) is 16.2. The van der Waals surface area contributed by atoms with Gasteiger partial charge in [0.2, 0.25) is 0 Å². The van der Waals surface area contributed by atoms with Crippen LogP contribution in [0.1, 0.15) is 24.1 Å². The van der Waals surface area contributed by atoms with Crippen molar-refractivity contribution in [3.63, 3.8) is 0 Å². The van der Waals surface area contributed by atoms with E-state index in [1.165, 1.54) is 11.3 Å². The number of nitro groups is 1. The van der Waals surface area contributed by atoms with Gasteiger partial charge in [-0.3, -0.25) is 10.1 Å². The van der Waals surface area contributed by atoms with E-state index in [0.29, 0.717) is 11.3 Å². The molecule has 0 aliphatic heterocycles. The van der Waals surface area contributed by atoms with Crippen molar-refractivity contribution in [3.8, 4) is 0 Å². The van der Waals surface area contributed by atoms with Crippen molar-refractivity contribution >= 4 is 50.2 Å². The lowest BCUT2D eigenvalue weighted by Crippen LogP contribution is -2.07. The molecule has 0 fully saturated rings. The topological polar surface area (TPSA) is 55.2 Å². The standard InChI is InChI=1S/C13H12BrClN2O2S/c1-7-3-10(14)11(5-12(7)17(18)19)16-8(2)9-4-13(15)20-6-9/h3-6,8,16H,1-2H3.